The van der Waals surface area contributed by atoms with Crippen LogP contribution in [0.4, 0.5) is 11.5 Å². The number of rotatable bonds is 10. The van der Waals surface area contributed by atoms with Gasteiger partial charge in [-0.25, -0.2) is 19.6 Å². The van der Waals surface area contributed by atoms with E-state index in [0.717, 1.165) is 57.4 Å². The highest BCUT2D eigenvalue weighted by Gasteiger charge is 2.28. The molecule has 1 amide bonds. The fraction of sp³-hybridized carbons (Fsp3) is 0.423. The number of hydrogen-bond acceptors (Lipinski definition) is 8. The first-order valence-electron chi connectivity index (χ1n) is 12.3. The Balaban J connectivity index is 0.000000414. The molecule has 2 aliphatic rings. The van der Waals surface area contributed by atoms with Crippen LogP contribution in [0.5, 0.6) is 0 Å². The highest BCUT2D eigenvalue weighted by atomic mass is 16.4. The number of anilines is 2. The summed E-state index contributed by atoms with van der Waals surface area (Å²) in [5.74, 6) is -1.51. The summed E-state index contributed by atoms with van der Waals surface area (Å²) in [7, 11) is 2.00. The summed E-state index contributed by atoms with van der Waals surface area (Å²) in [6.45, 7) is 6.38. The molecule has 2 heterocycles. The Kier molecular flexibility index (Phi) is 9.96. The summed E-state index contributed by atoms with van der Waals surface area (Å²) in [5.41, 5.74) is 8.41. The number of carboxylic acid groups (broad SMARTS) is 2. The van der Waals surface area contributed by atoms with Crippen LogP contribution in [-0.4, -0.2) is 89.2 Å². The van der Waals surface area contributed by atoms with Crippen molar-refractivity contribution in [3.63, 3.8) is 0 Å². The third-order valence-corrected chi connectivity index (χ3v) is 6.29. The Hall–Kier alpha value is -3.99. The second kappa shape index (κ2) is 13.4. The number of carboxylic acids is 2. The van der Waals surface area contributed by atoms with Crippen molar-refractivity contribution in [2.45, 2.75) is 25.2 Å². The zero-order valence-corrected chi connectivity index (χ0v) is 21.0. The Morgan fingerprint density at radius 2 is 1.68 bits per heavy atom. The van der Waals surface area contributed by atoms with Gasteiger partial charge in [0.2, 0.25) is 0 Å². The molecule has 2 aromatic rings. The van der Waals surface area contributed by atoms with Gasteiger partial charge in [-0.1, -0.05) is 18.2 Å². The van der Waals surface area contributed by atoms with Crippen molar-refractivity contribution >= 4 is 29.4 Å². The molecule has 0 bridgehead atoms. The van der Waals surface area contributed by atoms with E-state index in [1.54, 1.807) is 11.8 Å². The standard InChI is InChI=1S/C22H30N6O.C4H4O4/c1-26(21-16-24-19(15-25-21)22(23)29)9-4-10-27-11-13-28(14-12-27)20-6-3-2-5-18(20)17-7-8-17;5-3(6)1-2-4(7)8/h2-3,5-6,15-17H,4,7-14H2,1H3,(H2,23,29);1-2H,(H,5,6)(H,7,8)/b;2-1+. The van der Waals surface area contributed by atoms with Crippen LogP contribution in [0.3, 0.4) is 0 Å². The highest BCUT2D eigenvalue weighted by Crippen LogP contribution is 2.44. The largest absolute Gasteiger partial charge is 0.478 e. The fourth-order valence-corrected chi connectivity index (χ4v) is 4.16. The van der Waals surface area contributed by atoms with Gasteiger partial charge < -0.3 is 25.7 Å². The number of primary amides is 1. The maximum Gasteiger partial charge on any atom is 0.328 e. The fourth-order valence-electron chi connectivity index (χ4n) is 4.16. The van der Waals surface area contributed by atoms with E-state index >= 15 is 0 Å². The third-order valence-electron chi connectivity index (χ3n) is 6.29. The summed E-state index contributed by atoms with van der Waals surface area (Å²) in [5, 5.41) is 15.6. The molecule has 1 aliphatic carbocycles. The van der Waals surface area contributed by atoms with Gasteiger partial charge in [-0.15, -0.1) is 0 Å². The smallest absolute Gasteiger partial charge is 0.328 e. The molecular formula is C26H34N6O5. The summed E-state index contributed by atoms with van der Waals surface area (Å²) < 4.78 is 0. The number of amides is 1. The van der Waals surface area contributed by atoms with Crippen LogP contribution in [-0.2, 0) is 9.59 Å². The average Bonchev–Trinajstić information content (AvgIpc) is 3.74. The first-order valence-corrected chi connectivity index (χ1v) is 12.3. The normalized spacial score (nSPS) is 15.6. The number of aliphatic carboxylic acids is 2. The van der Waals surface area contributed by atoms with Gasteiger partial charge in [0.05, 0.1) is 12.4 Å². The number of piperazine rings is 1. The molecule has 0 atom stereocenters. The molecule has 198 valence electrons. The van der Waals surface area contributed by atoms with E-state index in [0.29, 0.717) is 12.2 Å². The lowest BCUT2D eigenvalue weighted by molar-refractivity contribution is -0.134. The monoisotopic (exact) mass is 510 g/mol. The number of para-hydroxylation sites is 1. The quantitative estimate of drug-likeness (QED) is 0.403. The van der Waals surface area contributed by atoms with Crippen LogP contribution in [0.1, 0.15) is 41.2 Å². The molecule has 0 unspecified atom stereocenters. The molecule has 11 nitrogen and oxygen atoms in total. The summed E-state index contributed by atoms with van der Waals surface area (Å²) in [6, 6.07) is 8.95. The predicted octanol–water partition coefficient (Wildman–Crippen LogP) is 1.81. The minimum Gasteiger partial charge on any atom is -0.478 e. The van der Waals surface area contributed by atoms with E-state index in [4.69, 9.17) is 15.9 Å². The molecule has 1 saturated heterocycles. The third kappa shape index (κ3) is 8.87. The number of carbonyl (C=O) groups is 3. The van der Waals surface area contributed by atoms with Crippen molar-refractivity contribution in [1.29, 1.82) is 0 Å². The van der Waals surface area contributed by atoms with Gasteiger partial charge in [0.1, 0.15) is 11.5 Å². The van der Waals surface area contributed by atoms with Crippen LogP contribution in [0, 0.1) is 0 Å². The van der Waals surface area contributed by atoms with Crippen LogP contribution in [0.2, 0.25) is 0 Å². The predicted molar refractivity (Wildman–Crippen MR) is 140 cm³/mol. The van der Waals surface area contributed by atoms with Gasteiger partial charge in [-0.2, -0.15) is 0 Å². The van der Waals surface area contributed by atoms with Crippen LogP contribution < -0.4 is 15.5 Å². The zero-order valence-electron chi connectivity index (χ0n) is 21.0. The van der Waals surface area contributed by atoms with Gasteiger partial charge in [0.25, 0.3) is 5.91 Å². The van der Waals surface area contributed by atoms with Gasteiger partial charge in [-0.3, -0.25) is 9.69 Å². The lowest BCUT2D eigenvalue weighted by Gasteiger charge is -2.37. The second-order valence-corrected chi connectivity index (χ2v) is 9.07. The number of carbonyl (C=O) groups excluding carboxylic acids is 1. The number of nitrogens with zero attached hydrogens (tertiary/aromatic N) is 5. The lowest BCUT2D eigenvalue weighted by atomic mass is 10.1. The molecule has 37 heavy (non-hydrogen) atoms. The van der Waals surface area contributed by atoms with Crippen LogP contribution in [0.15, 0.2) is 48.8 Å². The number of nitrogens with two attached hydrogens (primary N) is 1. The SMILES string of the molecule is CN(CCCN1CCN(c2ccccc2C2CC2)CC1)c1cnc(C(N)=O)cn1.O=C(O)/C=C/C(=O)O. The average molecular weight is 511 g/mol. The van der Waals surface area contributed by atoms with Crippen molar-refractivity contribution in [3.05, 3.63) is 60.1 Å². The maximum absolute atomic E-state index is 11.1. The molecule has 4 rings (SSSR count). The van der Waals surface area contributed by atoms with E-state index < -0.39 is 17.8 Å². The molecule has 1 saturated carbocycles. The number of aromatic nitrogens is 2. The number of benzene rings is 1. The van der Waals surface area contributed by atoms with E-state index in [1.165, 1.54) is 24.7 Å². The van der Waals surface area contributed by atoms with Gasteiger partial charge in [0, 0.05) is 57.6 Å². The topological polar surface area (TPSA) is 153 Å². The van der Waals surface area contributed by atoms with E-state index in [-0.39, 0.29) is 5.69 Å². The first-order chi connectivity index (χ1) is 17.7. The zero-order chi connectivity index (χ0) is 26.8. The van der Waals surface area contributed by atoms with E-state index in [1.807, 2.05) is 7.05 Å². The molecule has 11 heteroatoms. The molecule has 1 aliphatic heterocycles. The lowest BCUT2D eigenvalue weighted by Crippen LogP contribution is -2.47. The van der Waals surface area contributed by atoms with Crippen molar-refractivity contribution in [1.82, 2.24) is 14.9 Å². The molecule has 4 N–H and O–H groups in total. The van der Waals surface area contributed by atoms with Gasteiger partial charge in [0.15, 0.2) is 0 Å². The Morgan fingerprint density at radius 1 is 1.03 bits per heavy atom. The highest BCUT2D eigenvalue weighted by molar-refractivity contribution is 5.90. The number of hydrogen-bond donors (Lipinski definition) is 3. The van der Waals surface area contributed by atoms with Crippen molar-refractivity contribution in [3.8, 4) is 0 Å². The maximum atomic E-state index is 11.1. The first kappa shape index (κ1) is 27.6. The van der Waals surface area contributed by atoms with Gasteiger partial charge >= 0.3 is 11.9 Å². The van der Waals surface area contributed by atoms with Crippen molar-refractivity contribution in [2.24, 2.45) is 5.73 Å². The summed E-state index contributed by atoms with van der Waals surface area (Å²) in [4.78, 5) is 45.7. The minimum atomic E-state index is -1.26. The Morgan fingerprint density at radius 3 is 2.22 bits per heavy atom. The minimum absolute atomic E-state index is 0.197. The Bertz CT molecular complexity index is 1080. The molecule has 0 spiro atoms. The second-order valence-electron chi connectivity index (χ2n) is 9.07. The summed E-state index contributed by atoms with van der Waals surface area (Å²) in [6.07, 6.45) is 7.92. The molecule has 1 aromatic heterocycles. The van der Waals surface area contributed by atoms with Crippen LogP contribution in [0.25, 0.3) is 0 Å². The van der Waals surface area contributed by atoms with E-state index in [9.17, 15) is 14.4 Å². The van der Waals surface area contributed by atoms with Crippen molar-refractivity contribution < 1.29 is 24.6 Å². The van der Waals surface area contributed by atoms with E-state index in [2.05, 4.69) is 48.9 Å². The molecule has 1 aromatic carbocycles. The Labute approximate surface area is 216 Å². The van der Waals surface area contributed by atoms with Crippen LogP contribution >= 0.6 is 0 Å². The van der Waals surface area contributed by atoms with Gasteiger partial charge in [-0.05, 0) is 43.4 Å². The molecule has 0 radical (unpaired) electrons. The summed E-state index contributed by atoms with van der Waals surface area (Å²) >= 11 is 0. The molecule has 2 fully saturated rings. The molecular weight excluding hydrogens is 476 g/mol. The van der Waals surface area contributed by atoms with Crippen molar-refractivity contribution in [2.75, 3.05) is 56.1 Å².